The molecule has 0 saturated carbocycles. The van der Waals surface area contributed by atoms with Crippen molar-refractivity contribution in [3.63, 3.8) is 0 Å². The first kappa shape index (κ1) is 14.3. The van der Waals surface area contributed by atoms with Crippen molar-refractivity contribution in [2.75, 3.05) is 51.2 Å². The van der Waals surface area contributed by atoms with Gasteiger partial charge in [-0.15, -0.1) is 0 Å². The summed E-state index contributed by atoms with van der Waals surface area (Å²) in [6, 6.07) is 4.14. The summed E-state index contributed by atoms with van der Waals surface area (Å²) >= 11 is 0. The first-order valence-electron chi connectivity index (χ1n) is 7.11. The molecule has 0 atom stereocenters. The molecule has 0 spiro atoms. The van der Waals surface area contributed by atoms with Gasteiger partial charge in [-0.25, -0.2) is 0 Å². The molecule has 1 fully saturated rings. The van der Waals surface area contributed by atoms with Crippen molar-refractivity contribution in [2.45, 2.75) is 13.8 Å². The number of nitrogens with one attached hydrogen (secondary N) is 1. The Balaban J connectivity index is 1.88. The average Bonchev–Trinajstić information content (AvgIpc) is 2.39. The number of piperazine rings is 1. The fourth-order valence-corrected chi connectivity index (χ4v) is 2.86. The van der Waals surface area contributed by atoms with E-state index in [1.807, 2.05) is 12.4 Å². The van der Waals surface area contributed by atoms with Crippen molar-refractivity contribution in [3.8, 4) is 0 Å². The Kier molecular flexibility index (Phi) is 4.77. The highest BCUT2D eigenvalue weighted by atomic mass is 15.2. The second kappa shape index (κ2) is 6.35. The third kappa shape index (κ3) is 4.48. The molecule has 0 bridgehead atoms. The fraction of sp³-hybridized carbons (Fsp3) is 0.667. The molecule has 2 rings (SSSR count). The van der Waals surface area contributed by atoms with Gasteiger partial charge in [-0.3, -0.25) is 4.98 Å². The zero-order valence-corrected chi connectivity index (χ0v) is 12.4. The Morgan fingerprint density at radius 3 is 2.53 bits per heavy atom. The number of hydrogen-bond acceptors (Lipinski definition) is 4. The van der Waals surface area contributed by atoms with Crippen LogP contribution >= 0.6 is 0 Å². The van der Waals surface area contributed by atoms with Crippen LogP contribution in [-0.2, 0) is 0 Å². The second-order valence-electron chi connectivity index (χ2n) is 6.25. The second-order valence-corrected chi connectivity index (χ2v) is 6.25. The summed E-state index contributed by atoms with van der Waals surface area (Å²) in [5.41, 5.74) is 1.53. The number of hydrogen-bond donors (Lipinski definition) is 1. The summed E-state index contributed by atoms with van der Waals surface area (Å²) in [6.45, 7) is 11.5. The molecule has 0 aromatic carbocycles. The molecule has 2 heterocycles. The van der Waals surface area contributed by atoms with E-state index in [-0.39, 0.29) is 5.41 Å². The molecule has 1 N–H and O–H groups in total. The first-order chi connectivity index (χ1) is 9.07. The average molecular weight is 262 g/mol. The monoisotopic (exact) mass is 262 g/mol. The van der Waals surface area contributed by atoms with Crippen LogP contribution in [0.25, 0.3) is 0 Å². The molecule has 19 heavy (non-hydrogen) atoms. The minimum absolute atomic E-state index is 0.287. The Morgan fingerprint density at radius 2 is 1.89 bits per heavy atom. The number of pyridine rings is 1. The number of anilines is 1. The van der Waals surface area contributed by atoms with E-state index in [0.717, 1.165) is 26.2 Å². The van der Waals surface area contributed by atoms with Crippen molar-refractivity contribution >= 4 is 5.69 Å². The lowest BCUT2D eigenvalue weighted by Crippen LogP contribution is -2.49. The maximum Gasteiger partial charge on any atom is 0.0394 e. The maximum atomic E-state index is 4.08. The van der Waals surface area contributed by atoms with Crippen molar-refractivity contribution in [3.05, 3.63) is 24.5 Å². The summed E-state index contributed by atoms with van der Waals surface area (Å²) in [4.78, 5) is 8.97. The van der Waals surface area contributed by atoms with Crippen molar-refractivity contribution in [1.82, 2.24) is 15.2 Å². The van der Waals surface area contributed by atoms with Crippen LogP contribution in [-0.4, -0.2) is 56.2 Å². The van der Waals surface area contributed by atoms with Gasteiger partial charge < -0.3 is 15.1 Å². The largest absolute Gasteiger partial charge is 0.374 e. The molecular weight excluding hydrogens is 236 g/mol. The molecule has 4 nitrogen and oxygen atoms in total. The molecule has 0 radical (unpaired) electrons. The Morgan fingerprint density at radius 1 is 1.26 bits per heavy atom. The Hall–Kier alpha value is -1.13. The molecule has 0 aliphatic carbocycles. The van der Waals surface area contributed by atoms with Crippen LogP contribution in [0.4, 0.5) is 5.69 Å². The molecule has 0 unspecified atom stereocenters. The van der Waals surface area contributed by atoms with E-state index in [0.29, 0.717) is 0 Å². The summed E-state index contributed by atoms with van der Waals surface area (Å²) in [6.07, 6.45) is 3.71. The van der Waals surface area contributed by atoms with E-state index in [2.05, 4.69) is 53.1 Å². The van der Waals surface area contributed by atoms with Crippen LogP contribution in [0.3, 0.4) is 0 Å². The van der Waals surface area contributed by atoms with Gasteiger partial charge in [0.2, 0.25) is 0 Å². The number of nitrogens with zero attached hydrogens (tertiary/aromatic N) is 3. The lowest BCUT2D eigenvalue weighted by molar-refractivity contribution is 0.164. The van der Waals surface area contributed by atoms with E-state index in [1.165, 1.54) is 18.8 Å². The topological polar surface area (TPSA) is 31.4 Å². The standard InChI is InChI=1S/C15H26N4/c1-15(2,13-19-10-8-17-9-11-19)12-18(3)14-4-6-16-7-5-14/h4-7,17H,8-13H2,1-3H3. The molecule has 1 aliphatic rings. The van der Waals surface area contributed by atoms with Gasteiger partial charge >= 0.3 is 0 Å². The zero-order chi connectivity index (χ0) is 13.7. The van der Waals surface area contributed by atoms with Crippen molar-refractivity contribution in [2.24, 2.45) is 5.41 Å². The number of rotatable bonds is 5. The van der Waals surface area contributed by atoms with Crippen LogP contribution < -0.4 is 10.2 Å². The fourth-order valence-electron chi connectivity index (χ4n) is 2.86. The minimum atomic E-state index is 0.287. The highest BCUT2D eigenvalue weighted by Crippen LogP contribution is 2.22. The third-order valence-corrected chi connectivity index (χ3v) is 3.63. The first-order valence-corrected chi connectivity index (χ1v) is 7.11. The number of aromatic nitrogens is 1. The molecule has 0 amide bonds. The summed E-state index contributed by atoms with van der Waals surface area (Å²) in [5, 5.41) is 3.41. The lowest BCUT2D eigenvalue weighted by atomic mass is 9.91. The van der Waals surface area contributed by atoms with Gasteiger partial charge in [-0.05, 0) is 17.5 Å². The SMILES string of the molecule is CN(CC(C)(C)CN1CCNCC1)c1ccncc1. The van der Waals surface area contributed by atoms with E-state index < -0.39 is 0 Å². The van der Waals surface area contributed by atoms with E-state index in [9.17, 15) is 0 Å². The molecule has 1 aliphatic heterocycles. The molecule has 4 heteroatoms. The highest BCUT2D eigenvalue weighted by molar-refractivity contribution is 5.43. The van der Waals surface area contributed by atoms with E-state index >= 15 is 0 Å². The predicted molar refractivity (Wildman–Crippen MR) is 80.6 cm³/mol. The van der Waals surface area contributed by atoms with Crippen LogP contribution in [0.5, 0.6) is 0 Å². The molecule has 1 aromatic rings. The van der Waals surface area contributed by atoms with Gasteiger partial charge in [0.15, 0.2) is 0 Å². The summed E-state index contributed by atoms with van der Waals surface area (Å²) in [7, 11) is 2.16. The van der Waals surface area contributed by atoms with Crippen LogP contribution in [0.1, 0.15) is 13.8 Å². The van der Waals surface area contributed by atoms with Gasteiger partial charge in [0, 0.05) is 64.4 Å². The van der Waals surface area contributed by atoms with Gasteiger partial charge in [0.25, 0.3) is 0 Å². The minimum Gasteiger partial charge on any atom is -0.374 e. The van der Waals surface area contributed by atoms with E-state index in [4.69, 9.17) is 0 Å². The van der Waals surface area contributed by atoms with Crippen molar-refractivity contribution in [1.29, 1.82) is 0 Å². The molecule has 1 saturated heterocycles. The van der Waals surface area contributed by atoms with Gasteiger partial charge in [-0.2, -0.15) is 0 Å². The van der Waals surface area contributed by atoms with Gasteiger partial charge in [0.1, 0.15) is 0 Å². The predicted octanol–water partition coefficient (Wildman–Crippen LogP) is 1.45. The Labute approximate surface area is 116 Å². The third-order valence-electron chi connectivity index (χ3n) is 3.63. The normalized spacial score (nSPS) is 17.4. The van der Waals surface area contributed by atoms with E-state index in [1.54, 1.807) is 0 Å². The van der Waals surface area contributed by atoms with Crippen molar-refractivity contribution < 1.29 is 0 Å². The summed E-state index contributed by atoms with van der Waals surface area (Å²) in [5.74, 6) is 0. The highest BCUT2D eigenvalue weighted by Gasteiger charge is 2.24. The lowest BCUT2D eigenvalue weighted by Gasteiger charge is -2.37. The quantitative estimate of drug-likeness (QED) is 0.870. The molecule has 106 valence electrons. The summed E-state index contributed by atoms with van der Waals surface area (Å²) < 4.78 is 0. The maximum absolute atomic E-state index is 4.08. The van der Waals surface area contributed by atoms with Gasteiger partial charge in [0.05, 0.1) is 0 Å². The molecular formula is C15H26N4. The molecule has 1 aromatic heterocycles. The van der Waals surface area contributed by atoms with Gasteiger partial charge in [-0.1, -0.05) is 13.8 Å². The van der Waals surface area contributed by atoms with Crippen LogP contribution in [0.15, 0.2) is 24.5 Å². The smallest absolute Gasteiger partial charge is 0.0394 e. The van der Waals surface area contributed by atoms with Crippen LogP contribution in [0, 0.1) is 5.41 Å². The Bertz CT molecular complexity index is 371. The van der Waals surface area contributed by atoms with Crippen LogP contribution in [0.2, 0.25) is 0 Å². The zero-order valence-electron chi connectivity index (χ0n) is 12.4.